The van der Waals surface area contributed by atoms with E-state index in [-0.39, 0.29) is 5.60 Å². The largest absolute Gasteiger partial charge is 0.435 e. The quantitative estimate of drug-likeness (QED) is 0.450. The van der Waals surface area contributed by atoms with Crippen LogP contribution in [-0.2, 0) is 4.65 Å². The van der Waals surface area contributed by atoms with Crippen LogP contribution in [0, 0.1) is 0 Å². The van der Waals surface area contributed by atoms with Crippen LogP contribution in [0.4, 0.5) is 0 Å². The minimum absolute atomic E-state index is 0.119. The number of hydrogen-bond donors (Lipinski definition) is 0. The fraction of sp³-hybridized carbons (Fsp3) is 0.280. The lowest BCUT2D eigenvalue weighted by molar-refractivity contribution is 0.139. The van der Waals surface area contributed by atoms with Gasteiger partial charge in [-0.3, -0.25) is 0 Å². The van der Waals surface area contributed by atoms with Gasteiger partial charge in [0, 0.05) is 11.2 Å². The highest BCUT2D eigenvalue weighted by atomic mass is 16.5. The van der Waals surface area contributed by atoms with Gasteiger partial charge >= 0.3 is 0 Å². The summed E-state index contributed by atoms with van der Waals surface area (Å²) in [5.41, 5.74) is 5.17. The Labute approximate surface area is 175 Å². The average molecular weight is 384 g/mol. The molecule has 0 amide bonds. The summed E-state index contributed by atoms with van der Waals surface area (Å²) in [6.45, 7) is 8.30. The molecule has 0 saturated carbocycles. The maximum absolute atomic E-state index is 5.83. The van der Waals surface area contributed by atoms with Crippen LogP contribution in [0.3, 0.4) is 0 Å². The molecule has 0 aliphatic heterocycles. The fourth-order valence-corrected chi connectivity index (χ4v) is 3.04. The zero-order valence-electron chi connectivity index (χ0n) is 17.9. The molecule has 0 fully saturated rings. The first-order valence-electron chi connectivity index (χ1n) is 10.2. The zero-order chi connectivity index (χ0) is 20.7. The Morgan fingerprint density at radius 1 is 1.07 bits per heavy atom. The molecule has 0 atom stereocenters. The minimum Gasteiger partial charge on any atom is -0.435 e. The van der Waals surface area contributed by atoms with Crippen LogP contribution in [0.1, 0.15) is 45.6 Å². The minimum atomic E-state index is -0.119. The molecule has 0 bridgehead atoms. The molecule has 3 rings (SSSR count). The van der Waals surface area contributed by atoms with Crippen molar-refractivity contribution in [1.82, 2.24) is 9.97 Å². The third-order valence-electron chi connectivity index (χ3n) is 4.57. The predicted molar refractivity (Wildman–Crippen MR) is 125 cm³/mol. The Morgan fingerprint density at radius 2 is 1.83 bits per heavy atom. The van der Waals surface area contributed by atoms with Crippen molar-refractivity contribution >= 4 is 18.6 Å². The van der Waals surface area contributed by atoms with Crippen molar-refractivity contribution in [2.75, 3.05) is 0 Å². The first-order valence-corrected chi connectivity index (χ1v) is 10.2. The van der Waals surface area contributed by atoms with E-state index in [1.165, 1.54) is 5.57 Å². The Morgan fingerprint density at radius 3 is 2.59 bits per heavy atom. The fourth-order valence-electron chi connectivity index (χ4n) is 3.04. The van der Waals surface area contributed by atoms with Gasteiger partial charge in [-0.2, -0.15) is 0 Å². The molecule has 0 spiro atoms. The molecular weight excluding hydrogens is 355 g/mol. The highest BCUT2D eigenvalue weighted by Crippen LogP contribution is 2.26. The van der Waals surface area contributed by atoms with E-state index in [9.17, 15) is 0 Å². The third-order valence-corrected chi connectivity index (χ3v) is 4.57. The highest BCUT2D eigenvalue weighted by Gasteiger charge is 2.12. The summed E-state index contributed by atoms with van der Waals surface area (Å²) in [6, 6.07) is 12.4. The van der Waals surface area contributed by atoms with Crippen LogP contribution >= 0.6 is 0 Å². The van der Waals surface area contributed by atoms with Crippen molar-refractivity contribution in [3.63, 3.8) is 0 Å². The van der Waals surface area contributed by atoms with Gasteiger partial charge < -0.3 is 4.65 Å². The zero-order valence-corrected chi connectivity index (χ0v) is 17.9. The van der Waals surface area contributed by atoms with Crippen LogP contribution in [0.2, 0.25) is 6.32 Å². The van der Waals surface area contributed by atoms with Crippen LogP contribution in [-0.4, -0.2) is 23.1 Å². The Kier molecular flexibility index (Phi) is 7.00. The Bertz CT molecular complexity index is 951. The smallest absolute Gasteiger partial charge is 0.279 e. The van der Waals surface area contributed by atoms with Crippen LogP contribution in [0.5, 0.6) is 0 Å². The van der Waals surface area contributed by atoms with Gasteiger partial charge in [0.2, 0.25) is 0 Å². The molecule has 3 nitrogen and oxygen atoms in total. The molecule has 0 unspecified atom stereocenters. The van der Waals surface area contributed by atoms with Crippen LogP contribution in [0.25, 0.3) is 22.4 Å². The predicted octanol–water partition coefficient (Wildman–Crippen LogP) is 6.03. The summed E-state index contributed by atoms with van der Waals surface area (Å²) in [5.74, 6) is 0.773. The molecule has 1 aromatic heterocycles. The van der Waals surface area contributed by atoms with E-state index in [0.717, 1.165) is 41.1 Å². The van der Waals surface area contributed by atoms with Gasteiger partial charge in [-0.25, -0.2) is 9.97 Å². The number of nitrogens with zero attached hydrogens (tertiary/aromatic N) is 2. The van der Waals surface area contributed by atoms with Crippen molar-refractivity contribution in [1.29, 1.82) is 0 Å². The van der Waals surface area contributed by atoms with Crippen LogP contribution < -0.4 is 0 Å². The summed E-state index contributed by atoms with van der Waals surface area (Å²) in [5, 5.41) is 0. The summed E-state index contributed by atoms with van der Waals surface area (Å²) in [6.07, 6.45) is 14.3. The van der Waals surface area contributed by atoms with E-state index < -0.39 is 0 Å². The van der Waals surface area contributed by atoms with E-state index in [2.05, 4.69) is 76.3 Å². The second-order valence-electron chi connectivity index (χ2n) is 8.17. The topological polar surface area (TPSA) is 35.0 Å². The monoisotopic (exact) mass is 384 g/mol. The standard InChI is InChI=1S/C25H29BN2O/c1-19(16-17-26-29-25(2,3)4)24-27-22(20-12-8-5-6-9-13-20)18-23(28-24)21-14-10-7-11-15-21/h5-12,14-16,18,26H,13,17H2,1-4H3/b19-16+. The summed E-state index contributed by atoms with van der Waals surface area (Å²) in [4.78, 5) is 9.76. The Hall–Kier alpha value is -2.72. The van der Waals surface area contributed by atoms with Gasteiger partial charge in [0.15, 0.2) is 5.82 Å². The molecule has 0 radical (unpaired) electrons. The lowest BCUT2D eigenvalue weighted by Gasteiger charge is -2.19. The molecule has 1 heterocycles. The molecule has 29 heavy (non-hydrogen) atoms. The first-order chi connectivity index (χ1) is 13.9. The highest BCUT2D eigenvalue weighted by molar-refractivity contribution is 6.28. The van der Waals surface area contributed by atoms with Gasteiger partial charge in [-0.15, -0.1) is 0 Å². The van der Waals surface area contributed by atoms with Gasteiger partial charge in [0.1, 0.15) is 0 Å². The maximum Gasteiger partial charge on any atom is 0.279 e. The van der Waals surface area contributed by atoms with Crippen molar-refractivity contribution in [3.05, 3.63) is 84.4 Å². The van der Waals surface area contributed by atoms with E-state index in [0.29, 0.717) is 7.48 Å². The van der Waals surface area contributed by atoms with Gasteiger partial charge in [0.25, 0.3) is 7.48 Å². The van der Waals surface area contributed by atoms with Crippen molar-refractivity contribution in [2.45, 2.75) is 46.0 Å². The number of aromatic nitrogens is 2. The van der Waals surface area contributed by atoms with E-state index in [1.807, 2.05) is 24.3 Å². The summed E-state index contributed by atoms with van der Waals surface area (Å²) < 4.78 is 5.83. The van der Waals surface area contributed by atoms with Gasteiger partial charge in [0.05, 0.1) is 11.4 Å². The number of rotatable bonds is 6. The van der Waals surface area contributed by atoms with E-state index in [4.69, 9.17) is 14.6 Å². The molecule has 1 aliphatic rings. The second-order valence-corrected chi connectivity index (χ2v) is 8.17. The van der Waals surface area contributed by atoms with Gasteiger partial charge in [-0.1, -0.05) is 66.8 Å². The Balaban J connectivity index is 1.93. The van der Waals surface area contributed by atoms with E-state index >= 15 is 0 Å². The van der Waals surface area contributed by atoms with Gasteiger partial charge in [-0.05, 0) is 57.6 Å². The average Bonchev–Trinajstić information content (AvgIpc) is 3.00. The van der Waals surface area contributed by atoms with Crippen LogP contribution in [0.15, 0.2) is 72.9 Å². The molecule has 148 valence electrons. The molecule has 0 N–H and O–H groups in total. The van der Waals surface area contributed by atoms with E-state index in [1.54, 1.807) is 0 Å². The molecule has 1 aromatic carbocycles. The molecule has 4 heteroatoms. The SMILES string of the molecule is C/C(=C\CBOC(C)(C)C)c1nc(C2=CC=CC=CC2)cc(-c2ccccc2)n1. The summed E-state index contributed by atoms with van der Waals surface area (Å²) >= 11 is 0. The van der Waals surface area contributed by atoms with Crippen molar-refractivity contribution < 1.29 is 4.65 Å². The lowest BCUT2D eigenvalue weighted by Crippen LogP contribution is -2.21. The number of benzene rings is 1. The molecule has 2 aromatic rings. The molecule has 0 saturated heterocycles. The number of allylic oxidation sites excluding steroid dienone is 8. The van der Waals surface area contributed by atoms with Crippen molar-refractivity contribution in [2.24, 2.45) is 0 Å². The first kappa shape index (κ1) is 21.0. The second kappa shape index (κ2) is 9.66. The molecule has 1 aliphatic carbocycles. The maximum atomic E-state index is 5.83. The van der Waals surface area contributed by atoms with Crippen molar-refractivity contribution in [3.8, 4) is 11.3 Å². The normalized spacial score (nSPS) is 14.5. The lowest BCUT2D eigenvalue weighted by atomic mass is 9.92. The summed E-state index contributed by atoms with van der Waals surface area (Å²) in [7, 11) is 0.687. The number of hydrogen-bond acceptors (Lipinski definition) is 3. The third kappa shape index (κ3) is 6.40. The molecular formula is C25H29BN2O.